The van der Waals surface area contributed by atoms with E-state index < -0.39 is 6.10 Å². The number of rotatable bonds is 4. The molecule has 0 bridgehead atoms. The minimum Gasteiger partial charge on any atom is -0.387 e. The second kappa shape index (κ2) is 7.21. The third-order valence-corrected chi connectivity index (χ3v) is 4.84. The summed E-state index contributed by atoms with van der Waals surface area (Å²) in [6, 6.07) is 14.4. The molecule has 1 fully saturated rings. The van der Waals surface area contributed by atoms with Crippen molar-refractivity contribution in [1.82, 2.24) is 25.2 Å². The number of nitrogens with zero attached hydrogens (tertiary/aromatic N) is 6. The topological polar surface area (TPSA) is 80.0 Å². The fraction of sp³-hybridized carbons (Fsp3) is 0.368. The lowest BCUT2D eigenvalue weighted by molar-refractivity contribution is 0.194. The van der Waals surface area contributed by atoms with E-state index in [1.807, 2.05) is 53.3 Å². The Balaban J connectivity index is 1.40. The molecule has 7 nitrogen and oxygen atoms in total. The lowest BCUT2D eigenvalue weighted by Gasteiger charge is -2.32. The van der Waals surface area contributed by atoms with Crippen molar-refractivity contribution in [2.45, 2.75) is 31.9 Å². The van der Waals surface area contributed by atoms with E-state index in [1.54, 1.807) is 6.92 Å². The van der Waals surface area contributed by atoms with Crippen molar-refractivity contribution in [2.24, 2.45) is 0 Å². The summed E-state index contributed by atoms with van der Waals surface area (Å²) < 4.78 is 1.88. The molecule has 134 valence electrons. The molecule has 0 amide bonds. The van der Waals surface area contributed by atoms with Crippen molar-refractivity contribution in [3.05, 3.63) is 54.4 Å². The number of aliphatic hydroxyl groups is 1. The number of anilines is 1. The van der Waals surface area contributed by atoms with Gasteiger partial charge in [0.25, 0.3) is 0 Å². The van der Waals surface area contributed by atoms with Crippen LogP contribution < -0.4 is 4.90 Å². The van der Waals surface area contributed by atoms with Gasteiger partial charge in [0.2, 0.25) is 0 Å². The van der Waals surface area contributed by atoms with Crippen molar-refractivity contribution in [3.63, 3.8) is 0 Å². The summed E-state index contributed by atoms with van der Waals surface area (Å²) >= 11 is 0. The first kappa shape index (κ1) is 16.7. The second-order valence-corrected chi connectivity index (χ2v) is 6.66. The van der Waals surface area contributed by atoms with Crippen molar-refractivity contribution in [3.8, 4) is 11.3 Å². The van der Waals surface area contributed by atoms with Gasteiger partial charge >= 0.3 is 0 Å². The first-order chi connectivity index (χ1) is 12.7. The van der Waals surface area contributed by atoms with Crippen LogP contribution in [0.15, 0.2) is 48.7 Å². The number of hydrogen-bond donors (Lipinski definition) is 1. The van der Waals surface area contributed by atoms with Gasteiger partial charge in [0.15, 0.2) is 5.82 Å². The predicted molar refractivity (Wildman–Crippen MR) is 98.6 cm³/mol. The van der Waals surface area contributed by atoms with Gasteiger partial charge in [0.05, 0.1) is 24.0 Å². The molecule has 1 aromatic carbocycles. The Morgan fingerprint density at radius 3 is 2.38 bits per heavy atom. The monoisotopic (exact) mass is 350 g/mol. The van der Waals surface area contributed by atoms with Crippen molar-refractivity contribution in [2.75, 3.05) is 18.0 Å². The molecule has 3 heterocycles. The van der Waals surface area contributed by atoms with Crippen LogP contribution in [-0.2, 0) is 0 Å². The summed E-state index contributed by atoms with van der Waals surface area (Å²) in [4.78, 5) is 2.25. The maximum atomic E-state index is 9.59. The molecule has 0 radical (unpaired) electrons. The minimum absolute atomic E-state index is 0.308. The van der Waals surface area contributed by atoms with Crippen molar-refractivity contribution >= 4 is 5.82 Å². The summed E-state index contributed by atoms with van der Waals surface area (Å²) in [5.74, 6) is 0.909. The fourth-order valence-corrected chi connectivity index (χ4v) is 3.28. The van der Waals surface area contributed by atoms with Crippen molar-refractivity contribution in [1.29, 1.82) is 0 Å². The van der Waals surface area contributed by atoms with Crippen LogP contribution >= 0.6 is 0 Å². The zero-order valence-corrected chi connectivity index (χ0v) is 14.7. The molecular formula is C19H22N6O. The van der Waals surface area contributed by atoms with Crippen LogP contribution in [0.1, 0.15) is 37.6 Å². The maximum absolute atomic E-state index is 9.59. The molecule has 0 unspecified atom stereocenters. The Morgan fingerprint density at radius 1 is 1.00 bits per heavy atom. The molecule has 0 spiro atoms. The summed E-state index contributed by atoms with van der Waals surface area (Å²) in [6.45, 7) is 3.50. The Bertz CT molecular complexity index is 838. The zero-order chi connectivity index (χ0) is 17.9. The largest absolute Gasteiger partial charge is 0.387 e. The summed E-state index contributed by atoms with van der Waals surface area (Å²) in [6.07, 6.45) is 3.19. The predicted octanol–water partition coefficient (Wildman–Crippen LogP) is 2.63. The van der Waals surface area contributed by atoms with Gasteiger partial charge in [-0.2, -0.15) is 0 Å². The average Bonchev–Trinajstić information content (AvgIpc) is 3.20. The van der Waals surface area contributed by atoms with Gasteiger partial charge in [-0.15, -0.1) is 15.3 Å². The number of hydrogen-bond acceptors (Lipinski definition) is 6. The van der Waals surface area contributed by atoms with Crippen LogP contribution in [0.25, 0.3) is 11.3 Å². The first-order valence-corrected chi connectivity index (χ1v) is 8.94. The molecular weight excluding hydrogens is 328 g/mol. The number of aromatic nitrogens is 5. The maximum Gasteiger partial charge on any atom is 0.151 e. The smallest absolute Gasteiger partial charge is 0.151 e. The van der Waals surface area contributed by atoms with E-state index in [0.717, 1.165) is 43.0 Å². The molecule has 1 aliphatic rings. The summed E-state index contributed by atoms with van der Waals surface area (Å²) in [7, 11) is 0. The number of benzene rings is 1. The second-order valence-electron chi connectivity index (χ2n) is 6.66. The molecule has 7 heteroatoms. The van der Waals surface area contributed by atoms with E-state index in [9.17, 15) is 5.11 Å². The van der Waals surface area contributed by atoms with E-state index in [1.165, 1.54) is 0 Å². The Labute approximate surface area is 152 Å². The third kappa shape index (κ3) is 3.43. The highest BCUT2D eigenvalue weighted by atomic mass is 16.3. The lowest BCUT2D eigenvalue weighted by Crippen LogP contribution is -2.35. The number of piperidine rings is 1. The molecule has 3 aromatic rings. The van der Waals surface area contributed by atoms with E-state index in [0.29, 0.717) is 11.7 Å². The van der Waals surface area contributed by atoms with E-state index in [4.69, 9.17) is 0 Å². The van der Waals surface area contributed by atoms with Gasteiger partial charge in [0, 0.05) is 18.7 Å². The SMILES string of the molecule is C[C@H](O)c1cn(C2CCN(c3ccc(-c4ccccc4)nn3)CC2)nn1. The van der Waals surface area contributed by atoms with Crippen molar-refractivity contribution < 1.29 is 5.11 Å². The van der Waals surface area contributed by atoms with Crippen LogP contribution in [0.4, 0.5) is 5.82 Å². The molecule has 0 aliphatic carbocycles. The standard InChI is InChI=1S/C19H22N6O/c1-14(26)18-13-25(23-21-18)16-9-11-24(12-10-16)19-8-7-17(20-22-19)15-5-3-2-4-6-15/h2-8,13-14,16,26H,9-12H2,1H3/t14-/m0/s1. The molecule has 1 saturated heterocycles. The van der Waals surface area contributed by atoms with Gasteiger partial charge in [-0.1, -0.05) is 35.5 Å². The van der Waals surface area contributed by atoms with Crippen LogP contribution in [0, 0.1) is 0 Å². The van der Waals surface area contributed by atoms with Gasteiger partial charge in [0.1, 0.15) is 5.69 Å². The van der Waals surface area contributed by atoms with Crippen LogP contribution in [0.5, 0.6) is 0 Å². The molecule has 1 aliphatic heterocycles. The molecule has 0 saturated carbocycles. The van der Waals surface area contributed by atoms with Gasteiger partial charge in [-0.3, -0.25) is 0 Å². The molecule has 2 aromatic heterocycles. The normalized spacial score (nSPS) is 16.6. The minimum atomic E-state index is -0.581. The highest BCUT2D eigenvalue weighted by Crippen LogP contribution is 2.26. The lowest BCUT2D eigenvalue weighted by atomic mass is 10.1. The quantitative estimate of drug-likeness (QED) is 0.779. The Morgan fingerprint density at radius 2 is 1.77 bits per heavy atom. The summed E-state index contributed by atoms with van der Waals surface area (Å²) in [5, 5.41) is 26.6. The first-order valence-electron chi connectivity index (χ1n) is 8.94. The van der Waals surface area contributed by atoms with E-state index in [-0.39, 0.29) is 0 Å². The Hall–Kier alpha value is -2.80. The number of aliphatic hydroxyl groups excluding tert-OH is 1. The molecule has 26 heavy (non-hydrogen) atoms. The van der Waals surface area contributed by atoms with Crippen LogP contribution in [0.3, 0.4) is 0 Å². The zero-order valence-electron chi connectivity index (χ0n) is 14.7. The molecule has 1 N–H and O–H groups in total. The van der Waals surface area contributed by atoms with Gasteiger partial charge in [-0.05, 0) is 31.9 Å². The third-order valence-electron chi connectivity index (χ3n) is 4.84. The highest BCUT2D eigenvalue weighted by molar-refractivity contribution is 5.59. The van der Waals surface area contributed by atoms with E-state index in [2.05, 4.69) is 25.4 Å². The summed E-state index contributed by atoms with van der Waals surface area (Å²) in [5.41, 5.74) is 2.58. The van der Waals surface area contributed by atoms with Crippen LogP contribution in [-0.4, -0.2) is 43.4 Å². The average molecular weight is 350 g/mol. The molecule has 4 rings (SSSR count). The van der Waals surface area contributed by atoms with Gasteiger partial charge in [-0.25, -0.2) is 4.68 Å². The van der Waals surface area contributed by atoms with E-state index >= 15 is 0 Å². The van der Waals surface area contributed by atoms with Gasteiger partial charge < -0.3 is 10.0 Å². The van der Waals surface area contributed by atoms with Crippen LogP contribution in [0.2, 0.25) is 0 Å². The molecule has 1 atom stereocenters. The highest BCUT2D eigenvalue weighted by Gasteiger charge is 2.23. The fourth-order valence-electron chi connectivity index (χ4n) is 3.28. The Kier molecular flexibility index (Phi) is 4.62.